The molecule has 1 atom stereocenters. The first-order valence-electron chi connectivity index (χ1n) is 7.09. The summed E-state index contributed by atoms with van der Waals surface area (Å²) in [7, 11) is 1.67. The normalized spacial score (nSPS) is 16.9. The van der Waals surface area contributed by atoms with Crippen LogP contribution in [0.1, 0.15) is 12.5 Å². The lowest BCUT2D eigenvalue weighted by molar-refractivity contribution is 0.210. The van der Waals surface area contributed by atoms with E-state index in [1.54, 1.807) is 13.3 Å². The van der Waals surface area contributed by atoms with Gasteiger partial charge in [-0.1, -0.05) is 18.2 Å². The molecule has 0 bridgehead atoms. The molecule has 6 nitrogen and oxygen atoms in total. The largest absolute Gasteiger partial charge is 0.383 e. The summed E-state index contributed by atoms with van der Waals surface area (Å²) in [5, 5.41) is 11.4. The number of hydrogen-bond donors (Lipinski definition) is 1. The third-order valence-electron chi connectivity index (χ3n) is 3.58. The third kappa shape index (κ3) is 2.80. The Hall–Kier alpha value is -2.21. The molecular weight excluding hydrogens is 266 g/mol. The molecule has 1 N–H and O–H groups in total. The Kier molecular flexibility index (Phi) is 3.96. The molecule has 1 aliphatic heterocycles. The molecule has 6 heteroatoms. The molecule has 0 radical (unpaired) electrons. The van der Waals surface area contributed by atoms with E-state index in [-0.39, 0.29) is 0 Å². The molecule has 0 aliphatic carbocycles. The number of methoxy groups -OCH3 is 1. The van der Waals surface area contributed by atoms with Gasteiger partial charge in [0.1, 0.15) is 0 Å². The second-order valence-electron chi connectivity index (χ2n) is 5.11. The lowest BCUT2D eigenvalue weighted by Gasteiger charge is -2.22. The van der Waals surface area contributed by atoms with Gasteiger partial charge in [0, 0.05) is 25.4 Å². The number of hydrogen-bond acceptors (Lipinski definition) is 6. The minimum Gasteiger partial charge on any atom is -0.383 e. The van der Waals surface area contributed by atoms with Gasteiger partial charge in [0.15, 0.2) is 5.82 Å². The number of fused-ring (bicyclic) bond motifs is 1. The van der Waals surface area contributed by atoms with E-state index in [0.29, 0.717) is 31.0 Å². The van der Waals surface area contributed by atoms with Crippen molar-refractivity contribution in [2.75, 3.05) is 30.5 Å². The summed E-state index contributed by atoms with van der Waals surface area (Å²) in [5.41, 5.74) is 2.49. The number of ether oxygens (including phenoxy) is 1. The minimum atomic E-state index is 0.332. The fourth-order valence-electron chi connectivity index (χ4n) is 2.63. The average Bonchev–Trinajstić information content (AvgIpc) is 2.83. The van der Waals surface area contributed by atoms with E-state index < -0.39 is 0 Å². The highest BCUT2D eigenvalue weighted by atomic mass is 16.5. The fraction of sp³-hybridized carbons (Fsp3) is 0.400. The number of benzene rings is 1. The number of anilines is 3. The highest BCUT2D eigenvalue weighted by Crippen LogP contribution is 2.36. The van der Waals surface area contributed by atoms with E-state index in [9.17, 15) is 0 Å². The number of aromatic nitrogens is 3. The summed E-state index contributed by atoms with van der Waals surface area (Å²) in [6.45, 7) is 3.50. The van der Waals surface area contributed by atoms with Crippen molar-refractivity contribution in [3.63, 3.8) is 0 Å². The van der Waals surface area contributed by atoms with E-state index in [2.05, 4.69) is 50.5 Å². The van der Waals surface area contributed by atoms with Gasteiger partial charge in [-0.3, -0.25) is 0 Å². The predicted molar refractivity (Wildman–Crippen MR) is 81.9 cm³/mol. The van der Waals surface area contributed by atoms with E-state index in [1.807, 2.05) is 6.07 Å². The zero-order valence-electron chi connectivity index (χ0n) is 12.3. The van der Waals surface area contributed by atoms with E-state index >= 15 is 0 Å². The molecule has 0 saturated carbocycles. The smallest absolute Gasteiger partial charge is 0.252 e. The molecule has 3 rings (SSSR count). The summed E-state index contributed by atoms with van der Waals surface area (Å²) in [5.74, 6) is 1.35. The second kappa shape index (κ2) is 6.05. The summed E-state index contributed by atoms with van der Waals surface area (Å²) in [6, 6.07) is 8.70. The highest BCUT2D eigenvalue weighted by molar-refractivity contribution is 5.67. The molecule has 0 fully saturated rings. The van der Waals surface area contributed by atoms with Crippen molar-refractivity contribution in [3.8, 4) is 0 Å². The van der Waals surface area contributed by atoms with Crippen molar-refractivity contribution in [1.82, 2.24) is 15.2 Å². The number of nitrogens with one attached hydrogen (secondary N) is 1. The van der Waals surface area contributed by atoms with Crippen LogP contribution in [0.2, 0.25) is 0 Å². The quantitative estimate of drug-likeness (QED) is 0.848. The number of nitrogens with zero attached hydrogens (tertiary/aromatic N) is 4. The summed E-state index contributed by atoms with van der Waals surface area (Å²) in [4.78, 5) is 6.70. The van der Waals surface area contributed by atoms with Crippen molar-refractivity contribution in [3.05, 3.63) is 36.0 Å². The molecule has 1 aliphatic rings. The van der Waals surface area contributed by atoms with Crippen molar-refractivity contribution >= 4 is 17.5 Å². The van der Waals surface area contributed by atoms with Crippen LogP contribution in [-0.2, 0) is 11.2 Å². The van der Waals surface area contributed by atoms with Crippen LogP contribution in [0.5, 0.6) is 0 Å². The first-order chi connectivity index (χ1) is 10.3. The van der Waals surface area contributed by atoms with Crippen LogP contribution in [0, 0.1) is 0 Å². The van der Waals surface area contributed by atoms with Crippen LogP contribution in [-0.4, -0.2) is 41.5 Å². The maximum absolute atomic E-state index is 5.02. The Balaban J connectivity index is 1.85. The Bertz CT molecular complexity index is 619. The Labute approximate surface area is 124 Å². The number of rotatable bonds is 5. The fourth-order valence-corrected chi connectivity index (χ4v) is 2.63. The lowest BCUT2D eigenvalue weighted by Crippen LogP contribution is -2.26. The van der Waals surface area contributed by atoms with Gasteiger partial charge in [-0.25, -0.2) is 0 Å². The van der Waals surface area contributed by atoms with Crippen LogP contribution in [0.15, 0.2) is 30.5 Å². The number of para-hydroxylation sites is 1. The highest BCUT2D eigenvalue weighted by Gasteiger charge is 2.28. The lowest BCUT2D eigenvalue weighted by atomic mass is 10.1. The molecule has 0 saturated heterocycles. The van der Waals surface area contributed by atoms with Gasteiger partial charge >= 0.3 is 0 Å². The monoisotopic (exact) mass is 285 g/mol. The van der Waals surface area contributed by atoms with Crippen LogP contribution in [0.4, 0.5) is 17.5 Å². The summed E-state index contributed by atoms with van der Waals surface area (Å²) < 4.78 is 5.02. The Morgan fingerprint density at radius 2 is 2.24 bits per heavy atom. The first-order valence-corrected chi connectivity index (χ1v) is 7.09. The van der Waals surface area contributed by atoms with Crippen LogP contribution in [0.3, 0.4) is 0 Å². The summed E-state index contributed by atoms with van der Waals surface area (Å²) in [6.07, 6.45) is 2.63. The molecule has 2 aromatic rings. The molecule has 1 aromatic heterocycles. The molecule has 0 spiro atoms. The van der Waals surface area contributed by atoms with E-state index in [0.717, 1.165) is 6.42 Å². The SMILES string of the molecule is COCCNc1cnnc(N2c3ccccc3CC2C)n1. The van der Waals surface area contributed by atoms with Gasteiger partial charge in [0.25, 0.3) is 5.95 Å². The molecular formula is C15H19N5O. The van der Waals surface area contributed by atoms with Gasteiger partial charge in [0.2, 0.25) is 0 Å². The maximum Gasteiger partial charge on any atom is 0.252 e. The molecule has 0 amide bonds. The van der Waals surface area contributed by atoms with Crippen LogP contribution >= 0.6 is 0 Å². The van der Waals surface area contributed by atoms with Gasteiger partial charge in [-0.05, 0) is 25.0 Å². The van der Waals surface area contributed by atoms with Crippen molar-refractivity contribution in [2.24, 2.45) is 0 Å². The second-order valence-corrected chi connectivity index (χ2v) is 5.11. The van der Waals surface area contributed by atoms with Crippen LogP contribution < -0.4 is 10.2 Å². The minimum absolute atomic E-state index is 0.332. The van der Waals surface area contributed by atoms with Crippen LogP contribution in [0.25, 0.3) is 0 Å². The molecule has 1 unspecified atom stereocenters. The Morgan fingerprint density at radius 3 is 3.10 bits per heavy atom. The summed E-state index contributed by atoms with van der Waals surface area (Å²) >= 11 is 0. The molecule has 110 valence electrons. The maximum atomic E-state index is 5.02. The first kappa shape index (κ1) is 13.8. The van der Waals surface area contributed by atoms with E-state index in [4.69, 9.17) is 4.74 Å². The van der Waals surface area contributed by atoms with Gasteiger partial charge in [-0.2, -0.15) is 10.1 Å². The predicted octanol–water partition coefficient (Wildman–Crippen LogP) is 2.01. The van der Waals surface area contributed by atoms with Gasteiger partial charge < -0.3 is 15.0 Å². The Morgan fingerprint density at radius 1 is 1.38 bits per heavy atom. The topological polar surface area (TPSA) is 63.2 Å². The van der Waals surface area contributed by atoms with Crippen molar-refractivity contribution < 1.29 is 4.74 Å². The molecule has 21 heavy (non-hydrogen) atoms. The third-order valence-corrected chi connectivity index (χ3v) is 3.58. The average molecular weight is 285 g/mol. The van der Waals surface area contributed by atoms with Gasteiger partial charge in [-0.15, -0.1) is 5.10 Å². The molecule has 1 aromatic carbocycles. The van der Waals surface area contributed by atoms with E-state index in [1.165, 1.54) is 11.3 Å². The standard InChI is InChI=1S/C15H19N5O/c1-11-9-12-5-3-4-6-13(12)20(11)15-18-14(10-17-19-15)16-7-8-21-2/h3-6,10-11H,7-9H2,1-2H3,(H,16,18,19). The van der Waals surface area contributed by atoms with Gasteiger partial charge in [0.05, 0.1) is 12.8 Å². The zero-order chi connectivity index (χ0) is 14.7. The zero-order valence-corrected chi connectivity index (χ0v) is 12.3. The molecule has 2 heterocycles. The van der Waals surface area contributed by atoms with Crippen molar-refractivity contribution in [1.29, 1.82) is 0 Å². The van der Waals surface area contributed by atoms with Crippen molar-refractivity contribution in [2.45, 2.75) is 19.4 Å².